The van der Waals surface area contributed by atoms with Gasteiger partial charge in [-0.2, -0.15) is 0 Å². The van der Waals surface area contributed by atoms with E-state index in [1.54, 1.807) is 0 Å². The van der Waals surface area contributed by atoms with Crippen LogP contribution in [0.2, 0.25) is 0 Å². The molecule has 0 aromatic carbocycles. The van der Waals surface area contributed by atoms with Crippen molar-refractivity contribution in [2.45, 2.75) is 0 Å². The van der Waals surface area contributed by atoms with E-state index in [9.17, 15) is 0 Å². The summed E-state index contributed by atoms with van der Waals surface area (Å²) in [6.07, 6.45) is 3.71. The van der Waals surface area contributed by atoms with Crippen LogP contribution in [0, 0.1) is 0 Å². The van der Waals surface area contributed by atoms with Gasteiger partial charge in [-0.3, -0.25) is 0 Å². The van der Waals surface area contributed by atoms with Gasteiger partial charge in [-0.15, -0.1) is 0 Å². The number of allylic oxidation sites excluding steroid dienone is 1. The van der Waals surface area contributed by atoms with Crippen molar-refractivity contribution in [3.05, 3.63) is 36.6 Å². The highest BCUT2D eigenvalue weighted by molar-refractivity contribution is 7.77. The van der Waals surface area contributed by atoms with Crippen LogP contribution in [0.3, 0.4) is 0 Å². The third-order valence-electron chi connectivity index (χ3n) is 2.18. The van der Waals surface area contributed by atoms with E-state index in [0.717, 1.165) is 25.3 Å². The zero-order valence-electron chi connectivity index (χ0n) is 8.03. The Kier molecular flexibility index (Phi) is 3.63. The molecule has 0 N–H and O–H groups in total. The number of hydrogen-bond donors (Lipinski definition) is 1. The van der Waals surface area contributed by atoms with E-state index in [-0.39, 0.29) is 0 Å². The first-order valence-corrected chi connectivity index (χ1v) is 4.72. The molecule has 0 amide bonds. The fraction of sp³-hybridized carbons (Fsp3) is 0.400. The first kappa shape index (κ1) is 10.4. The summed E-state index contributed by atoms with van der Waals surface area (Å²) in [7, 11) is 2.09. The van der Waals surface area contributed by atoms with E-state index in [2.05, 4.69) is 37.9 Å². The molecular formula is C10H16N2S. The number of rotatable bonds is 2. The lowest BCUT2D eigenvalue weighted by Gasteiger charge is -2.17. The second-order valence-corrected chi connectivity index (χ2v) is 3.66. The van der Waals surface area contributed by atoms with Gasteiger partial charge in [-0.05, 0) is 18.7 Å². The van der Waals surface area contributed by atoms with Crippen molar-refractivity contribution in [1.29, 1.82) is 0 Å². The summed E-state index contributed by atoms with van der Waals surface area (Å²) in [6.45, 7) is 10.4. The van der Waals surface area contributed by atoms with Gasteiger partial charge in [-0.25, -0.2) is 0 Å². The molecule has 3 heteroatoms. The van der Waals surface area contributed by atoms with Gasteiger partial charge >= 0.3 is 0 Å². The highest BCUT2D eigenvalue weighted by Crippen LogP contribution is 2.18. The molecule has 0 aromatic heterocycles. The van der Waals surface area contributed by atoms with Gasteiger partial charge < -0.3 is 9.21 Å². The van der Waals surface area contributed by atoms with Crippen LogP contribution in [0.25, 0.3) is 0 Å². The van der Waals surface area contributed by atoms with Crippen molar-refractivity contribution in [2.24, 2.45) is 0 Å². The Morgan fingerprint density at radius 2 is 2.00 bits per heavy atom. The molecule has 0 aromatic rings. The Bertz CT molecular complexity index is 245. The van der Waals surface area contributed by atoms with E-state index in [0.29, 0.717) is 0 Å². The minimum Gasteiger partial charge on any atom is -0.317 e. The van der Waals surface area contributed by atoms with Crippen LogP contribution < -0.4 is 0 Å². The van der Waals surface area contributed by atoms with Crippen molar-refractivity contribution >= 4 is 12.8 Å². The van der Waals surface area contributed by atoms with Crippen LogP contribution >= 0.6 is 12.8 Å². The second-order valence-electron chi connectivity index (χ2n) is 3.18. The molecule has 0 bridgehead atoms. The Balaban J connectivity index is 2.98. The molecule has 0 saturated carbocycles. The fourth-order valence-electron chi connectivity index (χ4n) is 1.41. The zero-order chi connectivity index (χ0) is 9.84. The molecule has 0 spiro atoms. The van der Waals surface area contributed by atoms with Crippen molar-refractivity contribution in [2.75, 3.05) is 26.7 Å². The zero-order valence-corrected chi connectivity index (χ0v) is 8.93. The summed E-state index contributed by atoms with van der Waals surface area (Å²) in [5.74, 6) is 0. The predicted molar refractivity (Wildman–Crippen MR) is 60.6 cm³/mol. The summed E-state index contributed by atoms with van der Waals surface area (Å²) < 4.78 is 1.92. The summed E-state index contributed by atoms with van der Waals surface area (Å²) in [4.78, 5) is 2.25. The number of nitrogens with zero attached hydrogens (tertiary/aromatic N) is 2. The summed E-state index contributed by atoms with van der Waals surface area (Å²) >= 11 is 4.39. The average Bonchev–Trinajstić information content (AvgIpc) is 2.26. The molecule has 0 aliphatic carbocycles. The molecular weight excluding hydrogens is 180 g/mol. The lowest BCUT2D eigenvalue weighted by molar-refractivity contribution is 0.360. The molecule has 0 atom stereocenters. The van der Waals surface area contributed by atoms with Crippen molar-refractivity contribution in [1.82, 2.24) is 9.21 Å². The lowest BCUT2D eigenvalue weighted by atomic mass is 10.2. The van der Waals surface area contributed by atoms with Crippen LogP contribution in [0.4, 0.5) is 0 Å². The minimum absolute atomic E-state index is 0.915. The van der Waals surface area contributed by atoms with E-state index in [1.165, 1.54) is 5.57 Å². The summed E-state index contributed by atoms with van der Waals surface area (Å²) in [5.41, 5.74) is 2.26. The quantitative estimate of drug-likeness (QED) is 0.672. The molecule has 1 aliphatic rings. The standard InChI is InChI=1S/C10H16N2S/c1-4-9-8-11(3)6-7-12(13)10(9)5-2/h4-5,13H,1-2,6-8H2,3H3. The predicted octanol–water partition coefficient (Wildman–Crippen LogP) is 1.70. The molecule has 0 radical (unpaired) electrons. The molecule has 1 aliphatic heterocycles. The Hall–Kier alpha value is -0.670. The van der Waals surface area contributed by atoms with E-state index in [4.69, 9.17) is 0 Å². The second kappa shape index (κ2) is 4.53. The minimum atomic E-state index is 0.915. The Labute approximate surface area is 85.8 Å². The largest absolute Gasteiger partial charge is 0.317 e. The molecule has 72 valence electrons. The molecule has 0 unspecified atom stereocenters. The van der Waals surface area contributed by atoms with Crippen LogP contribution in [0.5, 0.6) is 0 Å². The van der Waals surface area contributed by atoms with E-state index in [1.807, 2.05) is 16.5 Å². The smallest absolute Gasteiger partial charge is 0.0506 e. The monoisotopic (exact) mass is 196 g/mol. The Morgan fingerprint density at radius 1 is 1.31 bits per heavy atom. The van der Waals surface area contributed by atoms with Crippen molar-refractivity contribution in [3.63, 3.8) is 0 Å². The molecule has 1 heterocycles. The van der Waals surface area contributed by atoms with E-state index >= 15 is 0 Å². The number of thiol groups is 1. The molecule has 0 fully saturated rings. The van der Waals surface area contributed by atoms with Crippen LogP contribution in [0.1, 0.15) is 0 Å². The molecule has 2 nitrogen and oxygen atoms in total. The number of likely N-dealkylation sites (N-methyl/N-ethyl adjacent to an activating group) is 1. The average molecular weight is 196 g/mol. The van der Waals surface area contributed by atoms with Gasteiger partial charge in [0.25, 0.3) is 0 Å². The third kappa shape index (κ3) is 2.39. The highest BCUT2D eigenvalue weighted by atomic mass is 32.1. The normalized spacial score (nSPS) is 20.0. The first-order chi connectivity index (χ1) is 6.19. The van der Waals surface area contributed by atoms with Crippen molar-refractivity contribution in [3.8, 4) is 0 Å². The van der Waals surface area contributed by atoms with Crippen molar-refractivity contribution < 1.29 is 0 Å². The fourth-order valence-corrected chi connectivity index (χ4v) is 1.71. The van der Waals surface area contributed by atoms with Crippen LogP contribution in [-0.4, -0.2) is 35.9 Å². The lowest BCUT2D eigenvalue weighted by Crippen LogP contribution is -2.24. The van der Waals surface area contributed by atoms with Gasteiger partial charge in [-0.1, -0.05) is 32.0 Å². The Morgan fingerprint density at radius 3 is 2.54 bits per heavy atom. The van der Waals surface area contributed by atoms with Crippen LogP contribution in [-0.2, 0) is 0 Å². The van der Waals surface area contributed by atoms with Gasteiger partial charge in [0.1, 0.15) is 0 Å². The van der Waals surface area contributed by atoms with Gasteiger partial charge in [0, 0.05) is 19.6 Å². The maximum absolute atomic E-state index is 4.39. The molecule has 1 rings (SSSR count). The number of hydrogen-bond acceptors (Lipinski definition) is 3. The highest BCUT2D eigenvalue weighted by Gasteiger charge is 2.14. The third-order valence-corrected chi connectivity index (χ3v) is 2.60. The first-order valence-electron chi connectivity index (χ1n) is 4.32. The van der Waals surface area contributed by atoms with Gasteiger partial charge in [0.15, 0.2) is 0 Å². The van der Waals surface area contributed by atoms with E-state index < -0.39 is 0 Å². The maximum Gasteiger partial charge on any atom is 0.0506 e. The van der Waals surface area contributed by atoms with Crippen LogP contribution in [0.15, 0.2) is 36.6 Å². The van der Waals surface area contributed by atoms with Gasteiger partial charge in [0.2, 0.25) is 0 Å². The topological polar surface area (TPSA) is 6.48 Å². The molecule has 0 saturated heterocycles. The maximum atomic E-state index is 4.39. The SMILES string of the molecule is C=CC1=C(C=C)N(S)CCN(C)C1. The van der Waals surface area contributed by atoms with Gasteiger partial charge in [0.05, 0.1) is 5.70 Å². The summed E-state index contributed by atoms with van der Waals surface area (Å²) in [5, 5.41) is 0. The molecule has 13 heavy (non-hydrogen) atoms. The summed E-state index contributed by atoms with van der Waals surface area (Å²) in [6, 6.07) is 0.